The summed E-state index contributed by atoms with van der Waals surface area (Å²) in [4.78, 5) is 55.2. The van der Waals surface area contributed by atoms with Crippen LogP contribution in [0.1, 0.15) is 85.4 Å². The van der Waals surface area contributed by atoms with Gasteiger partial charge in [0.05, 0.1) is 0 Å². The molecule has 0 radical (unpaired) electrons. The first-order valence-electron chi connectivity index (χ1n) is 14.7. The highest BCUT2D eigenvalue weighted by Gasteiger charge is 2.37. The molecule has 3 amide bonds. The molecule has 3 N–H and O–H groups in total. The van der Waals surface area contributed by atoms with Gasteiger partial charge in [-0.15, -0.1) is 0 Å². The molecule has 10 heteroatoms. The summed E-state index contributed by atoms with van der Waals surface area (Å²) in [5, 5.41) is 15.3. The predicted molar refractivity (Wildman–Crippen MR) is 164 cm³/mol. The highest BCUT2D eigenvalue weighted by molar-refractivity contribution is 5.93. The number of carbonyl (C=O) groups excluding carboxylic acids is 4. The van der Waals surface area contributed by atoms with Gasteiger partial charge in [0.25, 0.3) is 0 Å². The Hall–Kier alpha value is -4.08. The lowest BCUT2D eigenvalue weighted by Crippen LogP contribution is -2.54. The molecule has 10 nitrogen and oxygen atoms in total. The number of ether oxygens (including phenoxy) is 2. The second-order valence-electron chi connectivity index (χ2n) is 12.5. The molecule has 2 aromatic rings. The van der Waals surface area contributed by atoms with E-state index in [1.807, 2.05) is 37.3 Å². The van der Waals surface area contributed by atoms with Gasteiger partial charge in [-0.1, -0.05) is 55.8 Å². The van der Waals surface area contributed by atoms with Crippen LogP contribution in [-0.4, -0.2) is 63.7 Å². The summed E-state index contributed by atoms with van der Waals surface area (Å²) in [6, 6.07) is 11.9. The van der Waals surface area contributed by atoms with E-state index in [0.29, 0.717) is 12.0 Å². The van der Waals surface area contributed by atoms with Crippen molar-refractivity contribution >= 4 is 23.9 Å². The van der Waals surface area contributed by atoms with Crippen molar-refractivity contribution in [3.8, 4) is 5.75 Å². The fourth-order valence-electron chi connectivity index (χ4n) is 4.29. The molecule has 0 spiro atoms. The molecule has 236 valence electrons. The van der Waals surface area contributed by atoms with E-state index in [0.717, 1.165) is 12.0 Å². The molecule has 3 atom stereocenters. The maximum atomic E-state index is 14.2. The number of nitrogens with one attached hydrogen (secondary N) is 2. The van der Waals surface area contributed by atoms with Crippen molar-refractivity contribution < 1.29 is 33.8 Å². The molecule has 0 fully saturated rings. The monoisotopic (exact) mass is 597 g/mol. The second-order valence-corrected chi connectivity index (χ2v) is 12.5. The fraction of sp³-hybridized carbons (Fsp3) is 0.515. The van der Waals surface area contributed by atoms with Crippen molar-refractivity contribution in [3.63, 3.8) is 0 Å². The third kappa shape index (κ3) is 12.0. The summed E-state index contributed by atoms with van der Waals surface area (Å²) >= 11 is 0. The molecule has 2 aromatic carbocycles. The smallest absolute Gasteiger partial charge is 0.408 e. The van der Waals surface area contributed by atoms with Gasteiger partial charge in [0, 0.05) is 13.0 Å². The number of hydrogen-bond donors (Lipinski definition) is 3. The minimum absolute atomic E-state index is 0.00925. The van der Waals surface area contributed by atoms with E-state index in [-0.39, 0.29) is 18.7 Å². The number of unbranched alkanes of at least 4 members (excludes halogenated alkanes) is 1. The lowest BCUT2D eigenvalue weighted by Gasteiger charge is -2.34. The van der Waals surface area contributed by atoms with E-state index < -0.39 is 53.2 Å². The van der Waals surface area contributed by atoms with Gasteiger partial charge in [0.15, 0.2) is 0 Å². The van der Waals surface area contributed by atoms with E-state index >= 15 is 0 Å². The maximum Gasteiger partial charge on any atom is 0.408 e. The first-order chi connectivity index (χ1) is 20.0. The predicted octanol–water partition coefficient (Wildman–Crippen LogP) is 5.04. The zero-order valence-corrected chi connectivity index (χ0v) is 26.6. The molecular formula is C33H47N3O7. The lowest BCUT2D eigenvalue weighted by molar-refractivity contribution is -0.159. The second kappa shape index (κ2) is 15.4. The van der Waals surface area contributed by atoms with Crippen molar-refractivity contribution in [2.45, 2.75) is 104 Å². The highest BCUT2D eigenvalue weighted by atomic mass is 16.6. The van der Waals surface area contributed by atoms with Gasteiger partial charge in [0.1, 0.15) is 35.1 Å². The summed E-state index contributed by atoms with van der Waals surface area (Å²) in [5.41, 5.74) is -0.321. The quantitative estimate of drug-likeness (QED) is 0.292. The number of benzene rings is 2. The number of rotatable bonds is 12. The van der Waals surface area contributed by atoms with Crippen LogP contribution >= 0.6 is 0 Å². The Morgan fingerprint density at radius 3 is 1.98 bits per heavy atom. The summed E-state index contributed by atoms with van der Waals surface area (Å²) in [6.45, 7) is 14.1. The van der Waals surface area contributed by atoms with Crippen LogP contribution in [0.2, 0.25) is 0 Å². The molecule has 3 unspecified atom stereocenters. The molecule has 0 heterocycles. The summed E-state index contributed by atoms with van der Waals surface area (Å²) in [6.07, 6.45) is 0.716. The number of amides is 3. The van der Waals surface area contributed by atoms with Gasteiger partial charge >= 0.3 is 12.1 Å². The molecule has 0 aliphatic heterocycles. The summed E-state index contributed by atoms with van der Waals surface area (Å²) in [7, 11) is 0. The normalized spacial score (nSPS) is 13.7. The number of esters is 1. The number of phenols is 1. The van der Waals surface area contributed by atoms with Gasteiger partial charge in [-0.25, -0.2) is 9.59 Å². The van der Waals surface area contributed by atoms with Gasteiger partial charge in [-0.3, -0.25) is 9.59 Å². The molecule has 0 saturated heterocycles. The van der Waals surface area contributed by atoms with Crippen LogP contribution in [0.15, 0.2) is 54.6 Å². The molecule has 0 aliphatic carbocycles. The molecular weight excluding hydrogens is 550 g/mol. The lowest BCUT2D eigenvalue weighted by atomic mass is 10.0. The number of nitrogens with zero attached hydrogens (tertiary/aromatic N) is 1. The zero-order valence-electron chi connectivity index (χ0n) is 26.6. The van der Waals surface area contributed by atoms with Crippen molar-refractivity contribution in [1.82, 2.24) is 15.5 Å². The summed E-state index contributed by atoms with van der Waals surface area (Å²) < 4.78 is 11.0. The van der Waals surface area contributed by atoms with Crippen LogP contribution in [0.25, 0.3) is 0 Å². The van der Waals surface area contributed by atoms with Crippen molar-refractivity contribution in [3.05, 3.63) is 65.7 Å². The minimum Gasteiger partial charge on any atom is -0.508 e. The highest BCUT2D eigenvalue weighted by Crippen LogP contribution is 2.26. The van der Waals surface area contributed by atoms with E-state index in [1.165, 1.54) is 24.0 Å². The number of phenolic OH excluding ortho intramolecular Hbond substituents is 1. The van der Waals surface area contributed by atoms with E-state index in [4.69, 9.17) is 9.47 Å². The van der Waals surface area contributed by atoms with Gasteiger partial charge in [-0.05, 0) is 78.1 Å². The summed E-state index contributed by atoms with van der Waals surface area (Å²) in [5.74, 6) is -1.73. The largest absolute Gasteiger partial charge is 0.508 e. The van der Waals surface area contributed by atoms with Gasteiger partial charge in [0.2, 0.25) is 11.8 Å². The number of carbonyl (C=O) groups is 4. The minimum atomic E-state index is -1.18. The van der Waals surface area contributed by atoms with Crippen LogP contribution in [0.4, 0.5) is 4.79 Å². The standard InChI is InChI=1S/C33H47N3O7/c1-9-10-20-36(29(39)22(2)34-31(41)43-33(6,7)8)27(24-16-18-25(37)19-17-24)28(38)35-26(30(40)42-32(3,4)5)21-23-14-12-11-13-15-23/h11-19,22,26-27,37H,9-10,20-21H2,1-8H3,(H,34,41)(H,35,38). The third-order valence-corrected chi connectivity index (χ3v) is 6.20. The number of hydrogen-bond acceptors (Lipinski definition) is 7. The maximum absolute atomic E-state index is 14.2. The van der Waals surface area contributed by atoms with E-state index in [1.54, 1.807) is 53.7 Å². The Labute approximate surface area is 255 Å². The molecule has 0 aliphatic rings. The molecule has 0 saturated carbocycles. The average molecular weight is 598 g/mol. The first kappa shape index (κ1) is 35.1. The van der Waals surface area contributed by atoms with Crippen molar-refractivity contribution in [1.29, 1.82) is 0 Å². The Balaban J connectivity index is 2.49. The van der Waals surface area contributed by atoms with Crippen molar-refractivity contribution in [2.24, 2.45) is 0 Å². The SMILES string of the molecule is CCCCN(C(=O)C(C)NC(=O)OC(C)(C)C)C(C(=O)NC(Cc1ccccc1)C(=O)OC(C)(C)C)c1ccc(O)cc1. The Kier molecular flexibility index (Phi) is 12.6. The molecule has 0 aromatic heterocycles. The Morgan fingerprint density at radius 1 is 0.860 bits per heavy atom. The zero-order chi connectivity index (χ0) is 32.4. The number of alkyl carbamates (subject to hydrolysis) is 1. The number of aromatic hydroxyl groups is 1. The fourth-order valence-corrected chi connectivity index (χ4v) is 4.29. The van der Waals surface area contributed by atoms with Crippen LogP contribution in [0.3, 0.4) is 0 Å². The van der Waals surface area contributed by atoms with Crippen LogP contribution < -0.4 is 10.6 Å². The topological polar surface area (TPSA) is 134 Å². The Morgan fingerprint density at radius 2 is 1.44 bits per heavy atom. The van der Waals surface area contributed by atoms with Crippen LogP contribution in [0, 0.1) is 0 Å². The van der Waals surface area contributed by atoms with Crippen molar-refractivity contribution in [2.75, 3.05) is 6.54 Å². The molecule has 0 bridgehead atoms. The molecule has 43 heavy (non-hydrogen) atoms. The Bertz CT molecular complexity index is 1220. The first-order valence-corrected chi connectivity index (χ1v) is 14.7. The van der Waals surface area contributed by atoms with E-state index in [9.17, 15) is 24.3 Å². The van der Waals surface area contributed by atoms with Gasteiger partial charge in [-0.2, -0.15) is 0 Å². The third-order valence-electron chi connectivity index (χ3n) is 6.20. The van der Waals surface area contributed by atoms with Gasteiger partial charge < -0.3 is 30.1 Å². The average Bonchev–Trinajstić information content (AvgIpc) is 2.89. The molecule has 2 rings (SSSR count). The van der Waals surface area contributed by atoms with Crippen LogP contribution in [0.5, 0.6) is 5.75 Å². The van der Waals surface area contributed by atoms with Crippen LogP contribution in [-0.2, 0) is 30.3 Å². The van der Waals surface area contributed by atoms with E-state index in [2.05, 4.69) is 10.6 Å².